The Morgan fingerprint density at radius 1 is 1.04 bits per heavy atom. The lowest BCUT2D eigenvalue weighted by molar-refractivity contribution is 0.00578. The largest absolute Gasteiger partial charge is 0.494 e. The lowest BCUT2D eigenvalue weighted by Gasteiger charge is -2.32. The number of carbonyl (C=O) groups is 1. The predicted octanol–water partition coefficient (Wildman–Crippen LogP) is 3.83. The molecule has 6 heteroatoms. The van der Waals surface area contributed by atoms with Gasteiger partial charge in [-0.2, -0.15) is 0 Å². The SMILES string of the molecule is CC(C)(C)OC(=O)NCCCCc1ccc(B2OC(C)(C)C(C)(C)O2)cc1. The summed E-state index contributed by atoms with van der Waals surface area (Å²) in [6.07, 6.45) is 2.54. The Balaban J connectivity index is 1.73. The van der Waals surface area contributed by atoms with E-state index in [1.807, 2.05) is 20.8 Å². The van der Waals surface area contributed by atoms with Gasteiger partial charge in [-0.25, -0.2) is 4.79 Å². The van der Waals surface area contributed by atoms with Gasteiger partial charge in [-0.15, -0.1) is 0 Å². The molecule has 0 aromatic heterocycles. The molecular formula is C21H34BNO4. The van der Waals surface area contributed by atoms with Crippen LogP contribution in [0.25, 0.3) is 0 Å². The fourth-order valence-electron chi connectivity index (χ4n) is 2.78. The number of hydrogen-bond donors (Lipinski definition) is 1. The van der Waals surface area contributed by atoms with Gasteiger partial charge in [0.2, 0.25) is 0 Å². The lowest BCUT2D eigenvalue weighted by atomic mass is 9.78. The summed E-state index contributed by atoms with van der Waals surface area (Å²) in [6, 6.07) is 8.41. The number of unbranched alkanes of at least 4 members (excludes halogenated alkanes) is 1. The van der Waals surface area contributed by atoms with Gasteiger partial charge in [0.1, 0.15) is 5.60 Å². The molecule has 0 atom stereocenters. The van der Waals surface area contributed by atoms with Crippen molar-refractivity contribution in [1.82, 2.24) is 5.32 Å². The molecule has 1 aliphatic heterocycles. The summed E-state index contributed by atoms with van der Waals surface area (Å²) in [6.45, 7) is 14.5. The first-order valence-corrected chi connectivity index (χ1v) is 9.81. The zero-order chi connectivity index (χ0) is 20.3. The summed E-state index contributed by atoms with van der Waals surface area (Å²) in [5.41, 5.74) is 1.22. The molecule has 1 saturated heterocycles. The smallest absolute Gasteiger partial charge is 0.444 e. The van der Waals surface area contributed by atoms with Crippen molar-refractivity contribution in [3.05, 3.63) is 29.8 Å². The van der Waals surface area contributed by atoms with Crippen LogP contribution in [0.5, 0.6) is 0 Å². The highest BCUT2D eigenvalue weighted by Crippen LogP contribution is 2.36. The van der Waals surface area contributed by atoms with Crippen molar-refractivity contribution < 1.29 is 18.8 Å². The number of alkyl carbamates (subject to hydrolysis) is 1. The average molecular weight is 375 g/mol. The van der Waals surface area contributed by atoms with Crippen molar-refractivity contribution in [3.63, 3.8) is 0 Å². The van der Waals surface area contributed by atoms with Crippen molar-refractivity contribution in [2.45, 2.75) is 84.5 Å². The van der Waals surface area contributed by atoms with E-state index in [1.165, 1.54) is 5.56 Å². The average Bonchev–Trinajstić information content (AvgIpc) is 2.74. The second-order valence-corrected chi connectivity index (χ2v) is 9.22. The molecule has 0 radical (unpaired) electrons. The molecular weight excluding hydrogens is 341 g/mol. The lowest BCUT2D eigenvalue weighted by Crippen LogP contribution is -2.41. The second kappa shape index (κ2) is 8.23. The highest BCUT2D eigenvalue weighted by atomic mass is 16.7. The number of benzene rings is 1. The van der Waals surface area contributed by atoms with Crippen LogP contribution in [-0.4, -0.2) is 36.6 Å². The Kier molecular flexibility index (Phi) is 6.64. The molecule has 1 amide bonds. The van der Waals surface area contributed by atoms with Crippen LogP contribution in [0.2, 0.25) is 0 Å². The van der Waals surface area contributed by atoms with E-state index in [4.69, 9.17) is 14.0 Å². The van der Waals surface area contributed by atoms with Gasteiger partial charge in [0, 0.05) is 6.54 Å². The number of aryl methyl sites for hydroxylation is 1. The van der Waals surface area contributed by atoms with E-state index in [-0.39, 0.29) is 24.4 Å². The summed E-state index contributed by atoms with van der Waals surface area (Å²) in [5.74, 6) is 0. The van der Waals surface area contributed by atoms with Crippen molar-refractivity contribution >= 4 is 18.7 Å². The molecule has 1 aliphatic rings. The minimum atomic E-state index is -0.455. The summed E-state index contributed by atoms with van der Waals surface area (Å²) < 4.78 is 17.4. The van der Waals surface area contributed by atoms with Crippen LogP contribution in [-0.2, 0) is 20.5 Å². The van der Waals surface area contributed by atoms with Gasteiger partial charge in [0.25, 0.3) is 0 Å². The molecule has 5 nitrogen and oxygen atoms in total. The highest BCUT2D eigenvalue weighted by Gasteiger charge is 2.51. The van der Waals surface area contributed by atoms with E-state index in [1.54, 1.807) is 0 Å². The van der Waals surface area contributed by atoms with E-state index < -0.39 is 5.60 Å². The molecule has 0 unspecified atom stereocenters. The third kappa shape index (κ3) is 6.25. The molecule has 1 aromatic rings. The minimum absolute atomic E-state index is 0.318. The Hall–Kier alpha value is -1.53. The van der Waals surface area contributed by atoms with Crippen molar-refractivity contribution in [1.29, 1.82) is 0 Å². The van der Waals surface area contributed by atoms with E-state index in [2.05, 4.69) is 57.3 Å². The third-order valence-electron chi connectivity index (χ3n) is 5.07. The number of carbonyl (C=O) groups excluding carboxylic acids is 1. The molecule has 0 aliphatic carbocycles. The molecule has 2 rings (SSSR count). The molecule has 1 heterocycles. The van der Waals surface area contributed by atoms with Crippen LogP contribution in [0.4, 0.5) is 4.79 Å². The quantitative estimate of drug-likeness (QED) is 0.607. The number of amides is 1. The predicted molar refractivity (Wildman–Crippen MR) is 109 cm³/mol. The summed E-state index contributed by atoms with van der Waals surface area (Å²) in [5, 5.41) is 2.79. The molecule has 0 bridgehead atoms. The van der Waals surface area contributed by atoms with Gasteiger partial charge in [0.05, 0.1) is 11.2 Å². The van der Waals surface area contributed by atoms with E-state index in [0.29, 0.717) is 6.54 Å². The maximum atomic E-state index is 11.6. The minimum Gasteiger partial charge on any atom is -0.444 e. The molecule has 0 spiro atoms. The fourth-order valence-corrected chi connectivity index (χ4v) is 2.78. The molecule has 1 N–H and O–H groups in total. The van der Waals surface area contributed by atoms with Crippen molar-refractivity contribution in [2.24, 2.45) is 0 Å². The van der Waals surface area contributed by atoms with Crippen LogP contribution < -0.4 is 10.8 Å². The van der Waals surface area contributed by atoms with Crippen LogP contribution in [0.3, 0.4) is 0 Å². The zero-order valence-corrected chi connectivity index (χ0v) is 17.8. The molecule has 1 fully saturated rings. The van der Waals surface area contributed by atoms with Gasteiger partial charge in [-0.3, -0.25) is 0 Å². The summed E-state index contributed by atoms with van der Waals surface area (Å²) in [4.78, 5) is 11.6. The van der Waals surface area contributed by atoms with Gasteiger partial charge in [0.15, 0.2) is 0 Å². The molecule has 0 saturated carbocycles. The summed E-state index contributed by atoms with van der Waals surface area (Å²) >= 11 is 0. The maximum absolute atomic E-state index is 11.6. The topological polar surface area (TPSA) is 56.8 Å². The normalized spacial score (nSPS) is 18.4. The highest BCUT2D eigenvalue weighted by molar-refractivity contribution is 6.62. The van der Waals surface area contributed by atoms with Gasteiger partial charge >= 0.3 is 13.2 Å². The van der Waals surface area contributed by atoms with Gasteiger partial charge in [-0.1, -0.05) is 24.3 Å². The van der Waals surface area contributed by atoms with Crippen molar-refractivity contribution in [3.8, 4) is 0 Å². The Morgan fingerprint density at radius 2 is 1.59 bits per heavy atom. The van der Waals surface area contributed by atoms with Crippen LogP contribution >= 0.6 is 0 Å². The molecule has 27 heavy (non-hydrogen) atoms. The number of hydrogen-bond acceptors (Lipinski definition) is 4. The molecule has 150 valence electrons. The van der Waals surface area contributed by atoms with E-state index >= 15 is 0 Å². The van der Waals surface area contributed by atoms with E-state index in [9.17, 15) is 4.79 Å². The Morgan fingerprint density at radius 3 is 2.11 bits per heavy atom. The Bertz CT molecular complexity index is 619. The van der Waals surface area contributed by atoms with Crippen molar-refractivity contribution in [2.75, 3.05) is 6.54 Å². The first kappa shape index (κ1) is 21.8. The van der Waals surface area contributed by atoms with E-state index in [0.717, 1.165) is 24.7 Å². The number of nitrogens with one attached hydrogen (secondary N) is 1. The molecule has 1 aromatic carbocycles. The first-order valence-electron chi connectivity index (χ1n) is 9.81. The van der Waals surface area contributed by atoms with Crippen LogP contribution in [0, 0.1) is 0 Å². The van der Waals surface area contributed by atoms with Gasteiger partial charge < -0.3 is 19.4 Å². The van der Waals surface area contributed by atoms with Gasteiger partial charge in [-0.05, 0) is 78.8 Å². The zero-order valence-electron chi connectivity index (χ0n) is 17.8. The Labute approximate surface area is 164 Å². The third-order valence-corrected chi connectivity index (χ3v) is 5.07. The number of ether oxygens (including phenoxy) is 1. The second-order valence-electron chi connectivity index (χ2n) is 9.22. The first-order chi connectivity index (χ1) is 12.4. The fraction of sp³-hybridized carbons (Fsp3) is 0.667. The number of rotatable bonds is 6. The van der Waals surface area contributed by atoms with Crippen LogP contribution in [0.1, 0.15) is 66.9 Å². The standard InChI is InChI=1S/C21H34BNO4/c1-19(2,3)25-18(24)23-15-9-8-10-16-11-13-17(14-12-16)22-26-20(4,5)21(6,7)27-22/h11-14H,8-10,15H2,1-7H3,(H,23,24). The summed E-state index contributed by atoms with van der Waals surface area (Å²) in [7, 11) is -0.318. The maximum Gasteiger partial charge on any atom is 0.494 e. The van der Waals surface area contributed by atoms with Crippen LogP contribution in [0.15, 0.2) is 24.3 Å². The monoisotopic (exact) mass is 375 g/mol.